The van der Waals surface area contributed by atoms with Gasteiger partial charge < -0.3 is 9.30 Å². The van der Waals surface area contributed by atoms with Gasteiger partial charge in [0.2, 0.25) is 0 Å². The molecule has 0 atom stereocenters. The molecule has 210 valence electrons. The zero-order valence-corrected chi connectivity index (χ0v) is 25.1. The maximum absolute atomic E-state index is 2.50. The van der Waals surface area contributed by atoms with Crippen molar-refractivity contribution in [1.29, 1.82) is 0 Å². The summed E-state index contributed by atoms with van der Waals surface area (Å²) < 4.78 is 5.08. The molecule has 10 rings (SSSR count). The van der Waals surface area contributed by atoms with Crippen molar-refractivity contribution in [2.45, 2.75) is 0 Å². The van der Waals surface area contributed by atoms with Gasteiger partial charge in [0.25, 0.3) is 0 Å². The van der Waals surface area contributed by atoms with Crippen molar-refractivity contribution in [2.24, 2.45) is 0 Å². The van der Waals surface area contributed by atoms with Crippen molar-refractivity contribution in [2.75, 3.05) is 4.90 Å². The summed E-state index contributed by atoms with van der Waals surface area (Å²) in [6, 6.07) is 57.6. The van der Waals surface area contributed by atoms with Crippen LogP contribution in [0.5, 0.6) is 0 Å². The Morgan fingerprint density at radius 3 is 1.84 bits per heavy atom. The molecule has 0 bridgehead atoms. The van der Waals surface area contributed by atoms with Crippen molar-refractivity contribution in [3.8, 4) is 11.1 Å². The van der Waals surface area contributed by atoms with Gasteiger partial charge >= 0.3 is 0 Å². The van der Waals surface area contributed by atoms with Gasteiger partial charge in [-0.15, -0.1) is 11.3 Å². The molecule has 3 heteroatoms. The Balaban J connectivity index is 1.33. The molecule has 3 heterocycles. The fraction of sp³-hybridized carbons (Fsp3) is 0. The number of fused-ring (bicyclic) bond motifs is 9. The largest absolute Gasteiger partial charge is 0.309 e. The maximum atomic E-state index is 2.50. The van der Waals surface area contributed by atoms with Crippen molar-refractivity contribution in [3.05, 3.63) is 158 Å². The molecule has 0 radical (unpaired) electrons. The molecular weight excluding hydrogens is 565 g/mol. The molecule has 0 aliphatic heterocycles. The average Bonchev–Trinajstić information content (AvgIpc) is 3.77. The highest BCUT2D eigenvalue weighted by Crippen LogP contribution is 2.50. The minimum atomic E-state index is 1.14. The Morgan fingerprint density at radius 1 is 0.400 bits per heavy atom. The third-order valence-electron chi connectivity index (χ3n) is 9.32. The van der Waals surface area contributed by atoms with E-state index in [-0.39, 0.29) is 0 Å². The number of hydrogen-bond acceptors (Lipinski definition) is 2. The molecule has 45 heavy (non-hydrogen) atoms. The van der Waals surface area contributed by atoms with E-state index in [1.54, 1.807) is 0 Å². The van der Waals surface area contributed by atoms with E-state index < -0.39 is 0 Å². The zero-order valence-electron chi connectivity index (χ0n) is 24.3. The zero-order chi connectivity index (χ0) is 29.5. The molecule has 0 spiro atoms. The molecule has 0 saturated heterocycles. The van der Waals surface area contributed by atoms with Gasteiger partial charge in [0.1, 0.15) is 0 Å². The minimum absolute atomic E-state index is 1.14. The first-order chi connectivity index (χ1) is 22.3. The summed E-state index contributed by atoms with van der Waals surface area (Å²) in [6.45, 7) is 0. The van der Waals surface area contributed by atoms with Gasteiger partial charge in [-0.3, -0.25) is 0 Å². The Kier molecular flexibility index (Phi) is 5.19. The van der Waals surface area contributed by atoms with Crippen LogP contribution in [0.4, 0.5) is 17.1 Å². The van der Waals surface area contributed by atoms with Gasteiger partial charge in [-0.05, 0) is 59.7 Å². The van der Waals surface area contributed by atoms with Crippen LogP contribution < -0.4 is 4.90 Å². The first-order valence-corrected chi connectivity index (χ1v) is 16.2. The molecule has 0 fully saturated rings. The Hall–Kier alpha value is -5.64. The fourth-order valence-corrected chi connectivity index (χ4v) is 8.54. The van der Waals surface area contributed by atoms with Crippen molar-refractivity contribution in [1.82, 2.24) is 4.40 Å². The van der Waals surface area contributed by atoms with Crippen LogP contribution in [0.25, 0.3) is 69.4 Å². The van der Waals surface area contributed by atoms with E-state index in [1.165, 1.54) is 80.8 Å². The molecule has 10 aromatic rings. The first kappa shape index (κ1) is 24.8. The van der Waals surface area contributed by atoms with Gasteiger partial charge in [-0.25, -0.2) is 0 Å². The quantitative estimate of drug-likeness (QED) is 0.198. The van der Waals surface area contributed by atoms with E-state index in [4.69, 9.17) is 0 Å². The van der Waals surface area contributed by atoms with Crippen LogP contribution in [0.3, 0.4) is 0 Å². The lowest BCUT2D eigenvalue weighted by atomic mass is 10.0. The molecule has 2 nitrogen and oxygen atoms in total. The van der Waals surface area contributed by atoms with Gasteiger partial charge in [-0.1, -0.05) is 109 Å². The summed E-state index contributed by atoms with van der Waals surface area (Å²) in [5, 5.41) is 7.73. The Labute approximate surface area is 264 Å². The van der Waals surface area contributed by atoms with Gasteiger partial charge in [0.15, 0.2) is 0 Å². The van der Waals surface area contributed by atoms with Crippen molar-refractivity contribution < 1.29 is 0 Å². The third-order valence-corrected chi connectivity index (χ3v) is 10.5. The fourth-order valence-electron chi connectivity index (χ4n) is 7.41. The van der Waals surface area contributed by atoms with Gasteiger partial charge in [0, 0.05) is 47.4 Å². The van der Waals surface area contributed by atoms with Crippen LogP contribution in [-0.4, -0.2) is 4.40 Å². The van der Waals surface area contributed by atoms with Crippen LogP contribution in [0, 0.1) is 0 Å². The van der Waals surface area contributed by atoms with Crippen LogP contribution in [0.15, 0.2) is 158 Å². The molecule has 0 aliphatic carbocycles. The molecule has 0 amide bonds. The van der Waals surface area contributed by atoms with E-state index >= 15 is 0 Å². The summed E-state index contributed by atoms with van der Waals surface area (Å²) in [5.41, 5.74) is 9.73. The highest BCUT2D eigenvalue weighted by molar-refractivity contribution is 7.26. The molecule has 0 unspecified atom stereocenters. The second-order valence-corrected chi connectivity index (χ2v) is 12.8. The monoisotopic (exact) mass is 590 g/mol. The number of thiophene rings is 1. The number of anilines is 3. The Bertz CT molecular complexity index is 2700. The molecule has 0 saturated carbocycles. The summed E-state index contributed by atoms with van der Waals surface area (Å²) in [7, 11) is 0. The molecule has 0 aliphatic rings. The van der Waals surface area contributed by atoms with Crippen LogP contribution >= 0.6 is 11.3 Å². The second kappa shape index (κ2) is 9.43. The van der Waals surface area contributed by atoms with E-state index in [1.807, 2.05) is 11.3 Å². The van der Waals surface area contributed by atoms with Crippen molar-refractivity contribution in [3.63, 3.8) is 0 Å². The first-order valence-electron chi connectivity index (χ1n) is 15.4. The Morgan fingerprint density at radius 2 is 1.02 bits per heavy atom. The summed E-state index contributed by atoms with van der Waals surface area (Å²) >= 11 is 1.87. The third kappa shape index (κ3) is 3.50. The predicted molar refractivity (Wildman–Crippen MR) is 194 cm³/mol. The molecule has 3 aromatic heterocycles. The van der Waals surface area contributed by atoms with E-state index in [0.29, 0.717) is 0 Å². The number of hydrogen-bond donors (Lipinski definition) is 0. The molecule has 7 aromatic carbocycles. The smallest absolute Gasteiger partial charge is 0.0641 e. The maximum Gasteiger partial charge on any atom is 0.0641 e. The number of rotatable bonds is 4. The molecule has 0 N–H and O–H groups in total. The van der Waals surface area contributed by atoms with Gasteiger partial charge in [0.05, 0.1) is 27.9 Å². The highest BCUT2D eigenvalue weighted by Gasteiger charge is 2.25. The summed E-state index contributed by atoms with van der Waals surface area (Å²) in [5.74, 6) is 0. The predicted octanol–water partition coefficient (Wildman–Crippen LogP) is 12.3. The van der Waals surface area contributed by atoms with E-state index in [9.17, 15) is 0 Å². The van der Waals surface area contributed by atoms with Crippen LogP contribution in [0.2, 0.25) is 0 Å². The number of aromatic nitrogens is 1. The standard InChI is InChI=1S/C42H26N2S/c1-2-11-27(12-3-1)28-21-23-29(24-22-28)43(36-18-10-20-39-40(36)33-15-6-9-19-38(33)45-39)37-26-25-31-30-13-4-7-16-34(30)44-35-17-8-5-14-32(35)41(37)42(31)44/h1-26H. The topological polar surface area (TPSA) is 7.65 Å². The SMILES string of the molecule is c1ccc(-c2ccc(N(c3cccc4sc5ccccc5c34)c3ccc4c5ccccc5n5c6ccccc6c3c45)cc2)cc1. The van der Waals surface area contributed by atoms with E-state index in [0.717, 1.165) is 5.69 Å². The number of nitrogens with zero attached hydrogens (tertiary/aromatic N) is 2. The minimum Gasteiger partial charge on any atom is -0.309 e. The van der Waals surface area contributed by atoms with Crippen molar-refractivity contribution >= 4 is 86.7 Å². The van der Waals surface area contributed by atoms with Gasteiger partial charge in [-0.2, -0.15) is 0 Å². The van der Waals surface area contributed by atoms with Crippen LogP contribution in [0.1, 0.15) is 0 Å². The lowest BCUT2D eigenvalue weighted by molar-refractivity contribution is 1.32. The highest BCUT2D eigenvalue weighted by atomic mass is 32.1. The normalized spacial score (nSPS) is 12.0. The molecular formula is C42H26N2S. The summed E-state index contributed by atoms with van der Waals surface area (Å²) in [4.78, 5) is 2.50. The second-order valence-electron chi connectivity index (χ2n) is 11.7. The number of para-hydroxylation sites is 2. The number of benzene rings is 7. The van der Waals surface area contributed by atoms with E-state index in [2.05, 4.69) is 167 Å². The average molecular weight is 591 g/mol. The van der Waals surface area contributed by atoms with Crippen LogP contribution in [-0.2, 0) is 0 Å². The lowest BCUT2D eigenvalue weighted by Gasteiger charge is -2.27. The lowest BCUT2D eigenvalue weighted by Crippen LogP contribution is -2.10. The summed E-state index contributed by atoms with van der Waals surface area (Å²) in [6.07, 6.45) is 0.